The second-order valence-electron chi connectivity index (χ2n) is 2.16. The Balaban J connectivity index is 0.000000140. The molecule has 2 aromatic heterocycles. The van der Waals surface area contributed by atoms with Crippen molar-refractivity contribution < 1.29 is 0 Å². The van der Waals surface area contributed by atoms with Crippen LogP contribution < -0.4 is 5.56 Å². The lowest BCUT2D eigenvalue weighted by molar-refractivity contribution is 0.988. The summed E-state index contributed by atoms with van der Waals surface area (Å²) in [5, 5.41) is 13.1. The van der Waals surface area contributed by atoms with E-state index in [4.69, 9.17) is 11.6 Å². The third-order valence-electron chi connectivity index (χ3n) is 1.12. The Morgan fingerprint density at radius 1 is 1.21 bits per heavy atom. The van der Waals surface area contributed by atoms with E-state index >= 15 is 0 Å². The van der Waals surface area contributed by atoms with E-state index in [2.05, 4.69) is 20.4 Å². The molecule has 1 N–H and O–H groups in total. The van der Waals surface area contributed by atoms with Gasteiger partial charge < -0.3 is 0 Å². The van der Waals surface area contributed by atoms with Crippen LogP contribution in [0.4, 0.5) is 0 Å². The smallest absolute Gasteiger partial charge is 0.264 e. The van der Waals surface area contributed by atoms with Gasteiger partial charge in [-0.25, -0.2) is 5.10 Å². The van der Waals surface area contributed by atoms with Crippen molar-refractivity contribution in [2.24, 2.45) is 0 Å². The van der Waals surface area contributed by atoms with Gasteiger partial charge in [0.2, 0.25) is 0 Å². The maximum Gasteiger partial charge on any atom is 0.264 e. The van der Waals surface area contributed by atoms with Crippen LogP contribution in [-0.4, -0.2) is 20.4 Å². The van der Waals surface area contributed by atoms with Crippen molar-refractivity contribution in [1.82, 2.24) is 20.4 Å². The quantitative estimate of drug-likeness (QED) is 0.701. The molecule has 0 aliphatic carbocycles. The number of hydrogen-bond acceptors (Lipinski definition) is 4. The number of nitrogens with one attached hydrogen (secondary N) is 1. The Bertz CT molecular complexity index is 399. The molecule has 2 rings (SSSR count). The molecule has 0 aliphatic heterocycles. The summed E-state index contributed by atoms with van der Waals surface area (Å²) < 4.78 is 0. The fraction of sp³-hybridized carbons (Fsp3) is 0. The van der Waals surface area contributed by atoms with Crippen LogP contribution in [0.2, 0.25) is 5.15 Å². The van der Waals surface area contributed by atoms with Crippen molar-refractivity contribution in [2.45, 2.75) is 0 Å². The van der Waals surface area contributed by atoms with Gasteiger partial charge in [0.1, 0.15) is 0 Å². The van der Waals surface area contributed by atoms with E-state index in [0.29, 0.717) is 5.15 Å². The molecular formula is C8H7ClN4O. The molecule has 72 valence electrons. The number of H-pyrrole nitrogens is 1. The minimum absolute atomic E-state index is 0.164. The molecule has 0 saturated heterocycles. The van der Waals surface area contributed by atoms with Crippen LogP contribution in [0, 0.1) is 0 Å². The Hall–Kier alpha value is -1.75. The second-order valence-corrected chi connectivity index (χ2v) is 2.55. The van der Waals surface area contributed by atoms with Crippen LogP contribution in [0.3, 0.4) is 0 Å². The Labute approximate surface area is 84.8 Å². The van der Waals surface area contributed by atoms with E-state index in [9.17, 15) is 4.79 Å². The minimum Gasteiger partial charge on any atom is -0.268 e. The third kappa shape index (κ3) is 4.32. The van der Waals surface area contributed by atoms with Gasteiger partial charge in [0, 0.05) is 18.5 Å². The van der Waals surface area contributed by atoms with Crippen molar-refractivity contribution in [2.75, 3.05) is 0 Å². The number of aromatic amines is 1. The van der Waals surface area contributed by atoms with Crippen molar-refractivity contribution in [3.8, 4) is 0 Å². The predicted octanol–water partition coefficient (Wildman–Crippen LogP) is 0.900. The summed E-state index contributed by atoms with van der Waals surface area (Å²) in [5.41, 5.74) is -0.164. The molecule has 14 heavy (non-hydrogen) atoms. The van der Waals surface area contributed by atoms with Gasteiger partial charge in [0.15, 0.2) is 5.15 Å². The maximum absolute atomic E-state index is 10.2. The van der Waals surface area contributed by atoms with Gasteiger partial charge in [0.05, 0.1) is 0 Å². The van der Waals surface area contributed by atoms with Crippen LogP contribution in [0.15, 0.2) is 41.5 Å². The normalized spacial score (nSPS) is 8.64. The molecule has 0 radical (unpaired) electrons. The van der Waals surface area contributed by atoms with Crippen molar-refractivity contribution >= 4 is 11.6 Å². The zero-order valence-electron chi connectivity index (χ0n) is 7.09. The molecule has 0 atom stereocenters. The summed E-state index contributed by atoms with van der Waals surface area (Å²) in [4.78, 5) is 10.2. The first-order valence-corrected chi connectivity index (χ1v) is 4.10. The van der Waals surface area contributed by atoms with Crippen LogP contribution in [0.5, 0.6) is 0 Å². The third-order valence-corrected chi connectivity index (χ3v) is 1.32. The molecule has 0 spiro atoms. The number of rotatable bonds is 0. The molecule has 0 aromatic carbocycles. The highest BCUT2D eigenvalue weighted by Crippen LogP contribution is 1.96. The fourth-order valence-corrected chi connectivity index (χ4v) is 0.711. The standard InChI is InChI=1S/C4H3ClN2.C4H4N2O/c5-4-2-1-3-6-7-4;7-4-2-1-3-5-6-4/h1-3H;1-3H,(H,6,7). The lowest BCUT2D eigenvalue weighted by Crippen LogP contribution is -2.02. The van der Waals surface area contributed by atoms with Gasteiger partial charge in [0.25, 0.3) is 5.56 Å². The number of nitrogens with zero attached hydrogens (tertiary/aromatic N) is 3. The largest absolute Gasteiger partial charge is 0.268 e. The first-order valence-electron chi connectivity index (χ1n) is 3.72. The van der Waals surface area contributed by atoms with E-state index in [0.717, 1.165) is 0 Å². The lowest BCUT2D eigenvalue weighted by Gasteiger charge is -1.78. The van der Waals surface area contributed by atoms with Crippen LogP contribution in [-0.2, 0) is 0 Å². The Morgan fingerprint density at radius 2 is 2.00 bits per heavy atom. The number of aromatic nitrogens is 4. The number of hydrogen-bond donors (Lipinski definition) is 1. The molecule has 0 unspecified atom stereocenters. The second kappa shape index (κ2) is 5.82. The highest BCUT2D eigenvalue weighted by atomic mass is 35.5. The Morgan fingerprint density at radius 3 is 2.29 bits per heavy atom. The van der Waals surface area contributed by atoms with E-state index in [1.165, 1.54) is 12.3 Å². The summed E-state index contributed by atoms with van der Waals surface area (Å²) in [6.07, 6.45) is 3.09. The molecule has 2 aromatic rings. The van der Waals surface area contributed by atoms with Gasteiger partial charge in [-0.2, -0.15) is 10.2 Å². The molecule has 5 nitrogen and oxygen atoms in total. The van der Waals surface area contributed by atoms with Crippen LogP contribution in [0.1, 0.15) is 0 Å². The van der Waals surface area contributed by atoms with E-state index < -0.39 is 0 Å². The first kappa shape index (κ1) is 10.3. The van der Waals surface area contributed by atoms with E-state index in [1.807, 2.05) is 0 Å². The molecule has 0 bridgehead atoms. The zero-order valence-corrected chi connectivity index (χ0v) is 7.85. The molecule has 6 heteroatoms. The van der Waals surface area contributed by atoms with Crippen molar-refractivity contribution in [3.05, 3.63) is 52.2 Å². The van der Waals surface area contributed by atoms with E-state index in [-0.39, 0.29) is 5.56 Å². The van der Waals surface area contributed by atoms with Crippen LogP contribution >= 0.6 is 11.6 Å². The summed E-state index contributed by atoms with van der Waals surface area (Å²) in [5.74, 6) is 0. The SMILES string of the molecule is Clc1cccnn1.O=c1cccn[nH]1. The minimum atomic E-state index is -0.164. The monoisotopic (exact) mass is 210 g/mol. The lowest BCUT2D eigenvalue weighted by atomic mass is 10.6. The van der Waals surface area contributed by atoms with Gasteiger partial charge in [-0.3, -0.25) is 4.79 Å². The molecular weight excluding hydrogens is 204 g/mol. The zero-order chi connectivity index (χ0) is 10.2. The van der Waals surface area contributed by atoms with E-state index in [1.54, 1.807) is 24.4 Å². The van der Waals surface area contributed by atoms with Gasteiger partial charge in [-0.05, 0) is 18.2 Å². The average Bonchev–Trinajstić information content (AvgIpc) is 2.21. The van der Waals surface area contributed by atoms with Crippen LogP contribution in [0.25, 0.3) is 0 Å². The topological polar surface area (TPSA) is 71.5 Å². The van der Waals surface area contributed by atoms with Crippen molar-refractivity contribution in [1.29, 1.82) is 0 Å². The molecule has 0 fully saturated rings. The van der Waals surface area contributed by atoms with Gasteiger partial charge >= 0.3 is 0 Å². The summed E-state index contributed by atoms with van der Waals surface area (Å²) >= 11 is 5.37. The summed E-state index contributed by atoms with van der Waals surface area (Å²) in [6.45, 7) is 0. The summed E-state index contributed by atoms with van der Waals surface area (Å²) in [7, 11) is 0. The fourth-order valence-electron chi connectivity index (χ4n) is 0.594. The maximum atomic E-state index is 10.2. The average molecular weight is 211 g/mol. The van der Waals surface area contributed by atoms with Gasteiger partial charge in [-0.15, -0.1) is 5.10 Å². The Kier molecular flexibility index (Phi) is 4.30. The van der Waals surface area contributed by atoms with Crippen molar-refractivity contribution in [3.63, 3.8) is 0 Å². The summed E-state index contributed by atoms with van der Waals surface area (Å²) in [6, 6.07) is 6.40. The first-order chi connectivity index (χ1) is 6.79. The molecule has 2 heterocycles. The molecule has 0 amide bonds. The highest BCUT2D eigenvalue weighted by Gasteiger charge is 1.78. The van der Waals surface area contributed by atoms with Gasteiger partial charge in [-0.1, -0.05) is 11.6 Å². The highest BCUT2D eigenvalue weighted by molar-refractivity contribution is 6.29. The molecule has 0 saturated carbocycles. The molecule has 0 aliphatic rings. The number of halogens is 1. The predicted molar refractivity (Wildman–Crippen MR) is 51.9 cm³/mol.